The molecule has 2 unspecified atom stereocenters. The van der Waals surface area contributed by atoms with Gasteiger partial charge in [-0.2, -0.15) is 17.0 Å². The Morgan fingerprint density at radius 3 is 2.64 bits per heavy atom. The highest BCUT2D eigenvalue weighted by Gasteiger charge is 2.36. The minimum Gasteiger partial charge on any atom is -0.330 e. The SMILES string of the molecule is CC1CCN(S(=O)(=O)N2CCc3ccccc3C2)CC1CN. The minimum atomic E-state index is -3.38. The minimum absolute atomic E-state index is 0.264. The third-order valence-corrected chi connectivity index (χ3v) is 7.08. The van der Waals surface area contributed by atoms with Crippen LogP contribution in [0.15, 0.2) is 24.3 Å². The van der Waals surface area contributed by atoms with Crippen molar-refractivity contribution < 1.29 is 8.42 Å². The van der Waals surface area contributed by atoms with Crippen LogP contribution in [0.3, 0.4) is 0 Å². The van der Waals surface area contributed by atoms with Crippen LogP contribution in [0.5, 0.6) is 0 Å². The zero-order chi connectivity index (χ0) is 15.7. The van der Waals surface area contributed by atoms with Crippen molar-refractivity contribution in [1.82, 2.24) is 8.61 Å². The summed E-state index contributed by atoms with van der Waals surface area (Å²) in [6, 6.07) is 8.10. The number of nitrogens with zero attached hydrogens (tertiary/aromatic N) is 2. The largest absolute Gasteiger partial charge is 0.330 e. The maximum absolute atomic E-state index is 12.9. The summed E-state index contributed by atoms with van der Waals surface area (Å²) < 4.78 is 29.1. The standard InChI is InChI=1S/C16H25N3O2S/c1-13-6-8-18(12-16(13)10-17)22(20,21)19-9-7-14-4-2-3-5-15(14)11-19/h2-5,13,16H,6-12,17H2,1H3. The number of nitrogens with two attached hydrogens (primary N) is 1. The lowest BCUT2D eigenvalue weighted by atomic mass is 9.88. The molecule has 2 aliphatic heterocycles. The average Bonchev–Trinajstić information content (AvgIpc) is 2.54. The Morgan fingerprint density at radius 1 is 1.18 bits per heavy atom. The summed E-state index contributed by atoms with van der Waals surface area (Å²) in [6.07, 6.45) is 1.69. The summed E-state index contributed by atoms with van der Waals surface area (Å²) in [6.45, 7) is 4.93. The zero-order valence-electron chi connectivity index (χ0n) is 13.1. The summed E-state index contributed by atoms with van der Waals surface area (Å²) in [5, 5.41) is 0. The van der Waals surface area contributed by atoms with E-state index in [2.05, 4.69) is 13.0 Å². The van der Waals surface area contributed by atoms with Gasteiger partial charge in [-0.05, 0) is 42.3 Å². The first-order chi connectivity index (χ1) is 10.5. The average molecular weight is 323 g/mol. The molecule has 22 heavy (non-hydrogen) atoms. The molecule has 0 bridgehead atoms. The van der Waals surface area contributed by atoms with E-state index in [-0.39, 0.29) is 5.92 Å². The van der Waals surface area contributed by atoms with Crippen LogP contribution in [-0.2, 0) is 23.2 Å². The molecule has 0 radical (unpaired) electrons. The second-order valence-corrected chi connectivity index (χ2v) is 8.41. The molecule has 1 saturated heterocycles. The molecular weight excluding hydrogens is 298 g/mol. The van der Waals surface area contributed by atoms with Crippen LogP contribution in [0.2, 0.25) is 0 Å². The molecule has 0 saturated carbocycles. The van der Waals surface area contributed by atoms with Crippen molar-refractivity contribution >= 4 is 10.2 Å². The van der Waals surface area contributed by atoms with Gasteiger partial charge in [-0.15, -0.1) is 0 Å². The van der Waals surface area contributed by atoms with Gasteiger partial charge in [0.05, 0.1) is 0 Å². The van der Waals surface area contributed by atoms with Gasteiger partial charge in [0, 0.05) is 26.2 Å². The van der Waals surface area contributed by atoms with Gasteiger partial charge in [-0.1, -0.05) is 31.2 Å². The van der Waals surface area contributed by atoms with Crippen molar-refractivity contribution in [2.24, 2.45) is 17.6 Å². The predicted octanol–water partition coefficient (Wildman–Crippen LogP) is 1.21. The van der Waals surface area contributed by atoms with Crippen LogP contribution in [-0.4, -0.2) is 43.2 Å². The summed E-state index contributed by atoms with van der Waals surface area (Å²) in [7, 11) is -3.38. The molecule has 1 aromatic rings. The van der Waals surface area contributed by atoms with Gasteiger partial charge in [-0.3, -0.25) is 0 Å². The summed E-state index contributed by atoms with van der Waals surface area (Å²) in [5.41, 5.74) is 8.19. The third kappa shape index (κ3) is 2.93. The maximum atomic E-state index is 12.9. The highest BCUT2D eigenvalue weighted by atomic mass is 32.2. The van der Waals surface area contributed by atoms with Crippen LogP contribution in [0.4, 0.5) is 0 Å². The van der Waals surface area contributed by atoms with E-state index in [0.717, 1.165) is 18.4 Å². The molecule has 3 rings (SSSR count). The maximum Gasteiger partial charge on any atom is 0.282 e. The van der Waals surface area contributed by atoms with E-state index in [0.29, 0.717) is 38.6 Å². The second-order valence-electron chi connectivity index (χ2n) is 6.48. The lowest BCUT2D eigenvalue weighted by molar-refractivity contribution is 0.191. The molecule has 0 aliphatic carbocycles. The molecule has 0 spiro atoms. The second kappa shape index (κ2) is 6.28. The fourth-order valence-corrected chi connectivity index (χ4v) is 5.13. The van der Waals surface area contributed by atoms with Crippen molar-refractivity contribution in [3.63, 3.8) is 0 Å². The van der Waals surface area contributed by atoms with Crippen molar-refractivity contribution in [2.75, 3.05) is 26.2 Å². The number of hydrogen-bond acceptors (Lipinski definition) is 3. The number of hydrogen-bond donors (Lipinski definition) is 1. The fraction of sp³-hybridized carbons (Fsp3) is 0.625. The highest BCUT2D eigenvalue weighted by molar-refractivity contribution is 7.86. The number of fused-ring (bicyclic) bond motifs is 1. The van der Waals surface area contributed by atoms with Gasteiger partial charge in [0.1, 0.15) is 0 Å². The predicted molar refractivity (Wildman–Crippen MR) is 87.4 cm³/mol. The van der Waals surface area contributed by atoms with Crippen molar-refractivity contribution in [3.8, 4) is 0 Å². The van der Waals surface area contributed by atoms with E-state index >= 15 is 0 Å². The van der Waals surface area contributed by atoms with E-state index in [1.807, 2.05) is 18.2 Å². The molecule has 1 aromatic carbocycles. The monoisotopic (exact) mass is 323 g/mol. The normalized spacial score (nSPS) is 27.5. The van der Waals surface area contributed by atoms with E-state index in [1.165, 1.54) is 5.56 Å². The van der Waals surface area contributed by atoms with Crippen LogP contribution in [0, 0.1) is 11.8 Å². The van der Waals surface area contributed by atoms with Gasteiger partial charge < -0.3 is 5.73 Å². The number of piperidine rings is 1. The quantitative estimate of drug-likeness (QED) is 0.909. The first-order valence-electron chi connectivity index (χ1n) is 8.04. The summed E-state index contributed by atoms with van der Waals surface area (Å²) in [5.74, 6) is 0.763. The van der Waals surface area contributed by atoms with E-state index in [4.69, 9.17) is 5.73 Å². The van der Waals surface area contributed by atoms with Gasteiger partial charge in [0.2, 0.25) is 0 Å². The summed E-state index contributed by atoms with van der Waals surface area (Å²) in [4.78, 5) is 0. The zero-order valence-corrected chi connectivity index (χ0v) is 13.9. The Morgan fingerprint density at radius 2 is 1.91 bits per heavy atom. The Hall–Kier alpha value is -0.950. The lowest BCUT2D eigenvalue weighted by Gasteiger charge is -2.39. The Labute approximate surface area is 133 Å². The molecule has 6 heteroatoms. The molecule has 1 fully saturated rings. The molecule has 2 heterocycles. The number of benzene rings is 1. The van der Waals surface area contributed by atoms with Crippen LogP contribution in [0.1, 0.15) is 24.5 Å². The molecule has 2 aliphatic rings. The molecular formula is C16H25N3O2S. The van der Waals surface area contributed by atoms with E-state index in [1.54, 1.807) is 8.61 Å². The van der Waals surface area contributed by atoms with Crippen molar-refractivity contribution in [2.45, 2.75) is 26.3 Å². The third-order valence-electron chi connectivity index (χ3n) is 5.13. The van der Waals surface area contributed by atoms with Gasteiger partial charge in [-0.25, -0.2) is 0 Å². The molecule has 0 amide bonds. The van der Waals surface area contributed by atoms with E-state index < -0.39 is 10.2 Å². The molecule has 122 valence electrons. The Balaban J connectivity index is 1.77. The molecule has 2 N–H and O–H groups in total. The van der Waals surface area contributed by atoms with Gasteiger partial charge in [0.15, 0.2) is 0 Å². The lowest BCUT2D eigenvalue weighted by Crippen LogP contribution is -2.51. The van der Waals surface area contributed by atoms with Gasteiger partial charge >= 0.3 is 0 Å². The van der Waals surface area contributed by atoms with Crippen LogP contribution in [0.25, 0.3) is 0 Å². The number of rotatable bonds is 3. The first-order valence-corrected chi connectivity index (χ1v) is 9.44. The van der Waals surface area contributed by atoms with Crippen LogP contribution < -0.4 is 5.73 Å². The topological polar surface area (TPSA) is 66.6 Å². The molecule has 5 nitrogen and oxygen atoms in total. The Bertz CT molecular complexity index is 632. The molecule has 2 atom stereocenters. The highest BCUT2D eigenvalue weighted by Crippen LogP contribution is 2.28. The molecule has 0 aromatic heterocycles. The summed E-state index contributed by atoms with van der Waals surface area (Å²) >= 11 is 0. The van der Waals surface area contributed by atoms with Crippen LogP contribution >= 0.6 is 0 Å². The van der Waals surface area contributed by atoms with E-state index in [9.17, 15) is 8.42 Å². The first kappa shape index (κ1) is 15.9. The van der Waals surface area contributed by atoms with Gasteiger partial charge in [0.25, 0.3) is 10.2 Å². The fourth-order valence-electron chi connectivity index (χ4n) is 3.46. The Kier molecular flexibility index (Phi) is 4.54. The van der Waals surface area contributed by atoms with Crippen molar-refractivity contribution in [1.29, 1.82) is 0 Å². The smallest absolute Gasteiger partial charge is 0.282 e. The van der Waals surface area contributed by atoms with Crippen molar-refractivity contribution in [3.05, 3.63) is 35.4 Å².